The number of rotatable bonds is 2. The van der Waals surface area contributed by atoms with E-state index in [1.165, 1.54) is 17.7 Å². The predicted molar refractivity (Wildman–Crippen MR) is 69.7 cm³/mol. The Hall–Kier alpha value is -1.45. The first kappa shape index (κ1) is 11.6. The average Bonchev–Trinajstić information content (AvgIpc) is 2.87. The van der Waals surface area contributed by atoms with E-state index < -0.39 is 0 Å². The second-order valence-corrected chi connectivity index (χ2v) is 5.37. The molecule has 1 aromatic heterocycles. The number of aromatic nitrogens is 2. The summed E-state index contributed by atoms with van der Waals surface area (Å²) in [6.07, 6.45) is 7.14. The maximum absolute atomic E-state index is 11.6. The van der Waals surface area contributed by atoms with E-state index in [2.05, 4.69) is 14.9 Å². The molecular formula is C14H19N3O. The molecule has 1 aliphatic carbocycles. The molecule has 4 nitrogen and oxygen atoms in total. The van der Waals surface area contributed by atoms with Gasteiger partial charge in [-0.2, -0.15) is 0 Å². The zero-order valence-corrected chi connectivity index (χ0v) is 10.9. The van der Waals surface area contributed by atoms with Crippen molar-refractivity contribution < 1.29 is 4.79 Å². The van der Waals surface area contributed by atoms with Gasteiger partial charge in [-0.25, -0.2) is 9.97 Å². The number of fused-ring (bicyclic) bond motifs is 1. The summed E-state index contributed by atoms with van der Waals surface area (Å²) in [4.78, 5) is 22.7. The van der Waals surface area contributed by atoms with E-state index in [0.717, 1.165) is 44.6 Å². The minimum Gasteiger partial charge on any atom is -0.356 e. The van der Waals surface area contributed by atoms with Gasteiger partial charge in [-0.15, -0.1) is 0 Å². The molecule has 0 aromatic carbocycles. The molecular weight excluding hydrogens is 226 g/mol. The van der Waals surface area contributed by atoms with Crippen LogP contribution in [-0.4, -0.2) is 28.8 Å². The number of aryl methyl sites for hydroxylation is 1. The van der Waals surface area contributed by atoms with E-state index in [1.807, 2.05) is 0 Å². The second-order valence-electron chi connectivity index (χ2n) is 5.37. The molecule has 96 valence electrons. The van der Waals surface area contributed by atoms with E-state index in [1.54, 1.807) is 13.3 Å². The summed E-state index contributed by atoms with van der Waals surface area (Å²) in [5.74, 6) is 1.58. The third-order valence-corrected chi connectivity index (χ3v) is 4.15. The lowest BCUT2D eigenvalue weighted by Gasteiger charge is -2.33. The van der Waals surface area contributed by atoms with Crippen LogP contribution in [-0.2, 0) is 17.6 Å². The molecule has 0 spiro atoms. The molecule has 1 fully saturated rings. The van der Waals surface area contributed by atoms with Gasteiger partial charge in [-0.05, 0) is 39.0 Å². The van der Waals surface area contributed by atoms with Crippen LogP contribution in [0.1, 0.15) is 37.4 Å². The Bertz CT molecular complexity index is 472. The summed E-state index contributed by atoms with van der Waals surface area (Å²) >= 11 is 0. The molecule has 0 N–H and O–H groups in total. The number of nitrogens with zero attached hydrogens (tertiary/aromatic N) is 3. The van der Waals surface area contributed by atoms with Gasteiger partial charge in [-0.1, -0.05) is 0 Å². The van der Waals surface area contributed by atoms with Crippen LogP contribution in [0, 0.1) is 5.92 Å². The molecule has 1 saturated heterocycles. The number of carbonyl (C=O) groups is 1. The van der Waals surface area contributed by atoms with Gasteiger partial charge in [0, 0.05) is 30.3 Å². The fourth-order valence-corrected chi connectivity index (χ4v) is 3.12. The van der Waals surface area contributed by atoms with Gasteiger partial charge in [0.1, 0.15) is 17.9 Å². The van der Waals surface area contributed by atoms with Gasteiger partial charge in [-0.3, -0.25) is 4.79 Å². The van der Waals surface area contributed by atoms with Crippen molar-refractivity contribution in [2.24, 2.45) is 5.92 Å². The monoisotopic (exact) mass is 245 g/mol. The summed E-state index contributed by atoms with van der Waals surface area (Å²) in [7, 11) is 0. The van der Waals surface area contributed by atoms with Crippen LogP contribution in [0.3, 0.4) is 0 Å². The van der Waals surface area contributed by atoms with Crippen LogP contribution in [0.5, 0.6) is 0 Å². The number of carbonyl (C=O) groups excluding carboxylic acids is 1. The summed E-state index contributed by atoms with van der Waals surface area (Å²) in [6, 6.07) is 0. The van der Waals surface area contributed by atoms with Gasteiger partial charge >= 0.3 is 0 Å². The van der Waals surface area contributed by atoms with Crippen molar-refractivity contribution in [2.75, 3.05) is 18.0 Å². The van der Waals surface area contributed by atoms with Crippen molar-refractivity contribution in [1.82, 2.24) is 9.97 Å². The number of piperidine rings is 1. The Balaban J connectivity index is 1.86. The van der Waals surface area contributed by atoms with Crippen molar-refractivity contribution >= 4 is 11.6 Å². The van der Waals surface area contributed by atoms with E-state index in [-0.39, 0.29) is 5.92 Å². The highest BCUT2D eigenvalue weighted by Crippen LogP contribution is 2.30. The smallest absolute Gasteiger partial charge is 0.135 e. The number of ketones is 1. The second kappa shape index (κ2) is 4.67. The third-order valence-electron chi connectivity index (χ3n) is 4.15. The van der Waals surface area contributed by atoms with Gasteiger partial charge < -0.3 is 4.90 Å². The SMILES string of the molecule is CC(=O)C1CCCN(c2ncnc3c2CCC3)C1. The van der Waals surface area contributed by atoms with Crippen LogP contribution < -0.4 is 4.90 Å². The molecule has 2 aliphatic rings. The standard InChI is InChI=1S/C14H19N3O/c1-10(18)11-4-3-7-17(8-11)14-12-5-2-6-13(12)15-9-16-14/h9,11H,2-8H2,1H3. The first-order chi connectivity index (χ1) is 8.75. The Labute approximate surface area is 107 Å². The summed E-state index contributed by atoms with van der Waals surface area (Å²) < 4.78 is 0. The molecule has 18 heavy (non-hydrogen) atoms. The lowest BCUT2D eigenvalue weighted by atomic mass is 9.94. The van der Waals surface area contributed by atoms with Crippen LogP contribution >= 0.6 is 0 Å². The lowest BCUT2D eigenvalue weighted by molar-refractivity contribution is -0.120. The normalized spacial score (nSPS) is 22.9. The highest BCUT2D eigenvalue weighted by atomic mass is 16.1. The number of hydrogen-bond acceptors (Lipinski definition) is 4. The third kappa shape index (κ3) is 2.00. The first-order valence-corrected chi connectivity index (χ1v) is 6.84. The minimum absolute atomic E-state index is 0.186. The van der Waals surface area contributed by atoms with Crippen LogP contribution in [0.2, 0.25) is 0 Å². The van der Waals surface area contributed by atoms with Gasteiger partial charge in [0.15, 0.2) is 0 Å². The quantitative estimate of drug-likeness (QED) is 0.796. The van der Waals surface area contributed by atoms with E-state index >= 15 is 0 Å². The average molecular weight is 245 g/mol. The van der Waals surface area contributed by atoms with Crippen molar-refractivity contribution in [3.05, 3.63) is 17.6 Å². The Kier molecular flexibility index (Phi) is 3.02. The Morgan fingerprint density at radius 2 is 2.22 bits per heavy atom. The topological polar surface area (TPSA) is 46.1 Å². The summed E-state index contributed by atoms with van der Waals surface area (Å²) in [6.45, 7) is 3.56. The molecule has 0 saturated carbocycles. The molecule has 1 atom stereocenters. The van der Waals surface area contributed by atoms with Gasteiger partial charge in [0.05, 0.1) is 0 Å². The molecule has 1 aliphatic heterocycles. The first-order valence-electron chi connectivity index (χ1n) is 6.84. The number of anilines is 1. The van der Waals surface area contributed by atoms with Gasteiger partial charge in [0.25, 0.3) is 0 Å². The Morgan fingerprint density at radius 3 is 3.06 bits per heavy atom. The van der Waals surface area contributed by atoms with E-state index in [9.17, 15) is 4.79 Å². The molecule has 3 rings (SSSR count). The zero-order valence-electron chi connectivity index (χ0n) is 10.9. The fourth-order valence-electron chi connectivity index (χ4n) is 3.12. The maximum atomic E-state index is 11.6. The van der Waals surface area contributed by atoms with E-state index in [4.69, 9.17) is 0 Å². The molecule has 4 heteroatoms. The summed E-state index contributed by atoms with van der Waals surface area (Å²) in [5, 5.41) is 0. The van der Waals surface area contributed by atoms with Gasteiger partial charge in [0.2, 0.25) is 0 Å². The predicted octanol–water partition coefficient (Wildman–Crippen LogP) is 1.77. The lowest BCUT2D eigenvalue weighted by Crippen LogP contribution is -2.39. The molecule has 0 radical (unpaired) electrons. The number of Topliss-reactive ketones (excluding diaryl/α,β-unsaturated/α-hetero) is 1. The van der Waals surface area contributed by atoms with Crippen molar-refractivity contribution in [1.29, 1.82) is 0 Å². The van der Waals surface area contributed by atoms with Crippen molar-refractivity contribution in [3.8, 4) is 0 Å². The number of hydrogen-bond donors (Lipinski definition) is 0. The highest BCUT2D eigenvalue weighted by molar-refractivity contribution is 5.79. The summed E-state index contributed by atoms with van der Waals surface area (Å²) in [5.41, 5.74) is 2.53. The fraction of sp³-hybridized carbons (Fsp3) is 0.643. The largest absolute Gasteiger partial charge is 0.356 e. The molecule has 1 aromatic rings. The van der Waals surface area contributed by atoms with Crippen LogP contribution in [0.25, 0.3) is 0 Å². The van der Waals surface area contributed by atoms with Crippen LogP contribution in [0.15, 0.2) is 6.33 Å². The maximum Gasteiger partial charge on any atom is 0.135 e. The molecule has 1 unspecified atom stereocenters. The molecule has 2 heterocycles. The minimum atomic E-state index is 0.186. The van der Waals surface area contributed by atoms with Crippen LogP contribution in [0.4, 0.5) is 5.82 Å². The van der Waals surface area contributed by atoms with Crippen molar-refractivity contribution in [3.63, 3.8) is 0 Å². The Morgan fingerprint density at radius 1 is 1.33 bits per heavy atom. The zero-order chi connectivity index (χ0) is 12.5. The van der Waals surface area contributed by atoms with Crippen molar-refractivity contribution in [2.45, 2.75) is 39.0 Å². The molecule has 0 bridgehead atoms. The van der Waals surface area contributed by atoms with E-state index in [0.29, 0.717) is 5.78 Å². The highest BCUT2D eigenvalue weighted by Gasteiger charge is 2.27. The molecule has 0 amide bonds.